The Balaban J connectivity index is 1.32. The van der Waals surface area contributed by atoms with Crippen LogP contribution in [-0.2, 0) is 36.6 Å². The lowest BCUT2D eigenvalue weighted by Gasteiger charge is -2.32. The van der Waals surface area contributed by atoms with E-state index in [0.717, 1.165) is 39.2 Å². The Morgan fingerprint density at radius 3 is 2.41 bits per heavy atom. The lowest BCUT2D eigenvalue weighted by Crippen LogP contribution is -2.45. The van der Waals surface area contributed by atoms with E-state index >= 15 is 0 Å². The number of sulfonamides is 1. The van der Waals surface area contributed by atoms with Crippen molar-refractivity contribution in [1.29, 1.82) is 5.26 Å². The number of nitriles is 1. The van der Waals surface area contributed by atoms with Gasteiger partial charge in [-0.1, -0.05) is 30.3 Å². The zero-order valence-electron chi connectivity index (χ0n) is 27.1. The number of anilines is 1. The molecule has 11 heteroatoms. The molecule has 246 valence electrons. The maximum atomic E-state index is 14.7. The standard InChI is InChI=1S/C38H34N6O4S/c1-42-26-41-22-33(42)25-43-24-32(18-27-5-7-28(8-6-27)30-4-3-17-40-21-30)44(49(45,46)36-13-10-34(47-2)11-14-36)23-31-19-29(9-15-37(31)43)38-16-12-35(20-39)48-38/h3-17,19,21-22,26,32H,18,23-25H2,1-2H3/t32-/m1/s1. The van der Waals surface area contributed by atoms with Crippen molar-refractivity contribution in [2.45, 2.75) is 30.4 Å². The second-order valence-corrected chi connectivity index (χ2v) is 13.9. The molecule has 0 aliphatic carbocycles. The minimum atomic E-state index is -3.99. The molecular weight excluding hydrogens is 637 g/mol. The van der Waals surface area contributed by atoms with Gasteiger partial charge in [-0.05, 0) is 89.3 Å². The van der Waals surface area contributed by atoms with Crippen molar-refractivity contribution >= 4 is 15.7 Å². The number of pyridine rings is 1. The number of benzene rings is 3. The van der Waals surface area contributed by atoms with Gasteiger partial charge < -0.3 is 18.6 Å². The highest BCUT2D eigenvalue weighted by Gasteiger charge is 2.37. The molecule has 10 nitrogen and oxygen atoms in total. The lowest BCUT2D eigenvalue weighted by molar-refractivity contribution is 0.317. The summed E-state index contributed by atoms with van der Waals surface area (Å²) < 4.78 is 44.0. The normalized spacial score (nSPS) is 15.0. The molecule has 0 saturated carbocycles. The van der Waals surface area contributed by atoms with Crippen LogP contribution >= 0.6 is 0 Å². The summed E-state index contributed by atoms with van der Waals surface area (Å²) in [7, 11) is -0.478. The van der Waals surface area contributed by atoms with E-state index in [2.05, 4.69) is 39.1 Å². The molecule has 3 aromatic heterocycles. The SMILES string of the molecule is COc1ccc(S(=O)(=O)N2Cc3cc(-c4ccc(C#N)o4)ccc3N(Cc3cncn3C)C[C@H]2Cc2ccc(-c3cccnc3)cc2)cc1. The minimum Gasteiger partial charge on any atom is -0.497 e. The average Bonchev–Trinajstić information content (AvgIpc) is 3.75. The molecule has 3 aromatic carbocycles. The lowest BCUT2D eigenvalue weighted by atomic mass is 10.0. The Kier molecular flexibility index (Phi) is 8.74. The molecule has 49 heavy (non-hydrogen) atoms. The summed E-state index contributed by atoms with van der Waals surface area (Å²) >= 11 is 0. The summed E-state index contributed by atoms with van der Waals surface area (Å²) in [6, 6.07) is 29.6. The van der Waals surface area contributed by atoms with Gasteiger partial charge in [0.2, 0.25) is 15.8 Å². The van der Waals surface area contributed by atoms with Gasteiger partial charge in [0.15, 0.2) is 0 Å². The monoisotopic (exact) mass is 670 g/mol. The van der Waals surface area contributed by atoms with Gasteiger partial charge in [-0.15, -0.1) is 0 Å². The average molecular weight is 671 g/mol. The van der Waals surface area contributed by atoms with Crippen LogP contribution in [-0.4, -0.2) is 47.0 Å². The number of hydrogen-bond donors (Lipinski definition) is 0. The molecule has 0 fully saturated rings. The topological polar surface area (TPSA) is 117 Å². The van der Waals surface area contributed by atoms with Gasteiger partial charge in [-0.3, -0.25) is 4.98 Å². The van der Waals surface area contributed by atoms with Crippen molar-refractivity contribution in [1.82, 2.24) is 18.8 Å². The first kappa shape index (κ1) is 31.9. The van der Waals surface area contributed by atoms with Crippen molar-refractivity contribution in [2.24, 2.45) is 7.05 Å². The molecule has 0 amide bonds. The summed E-state index contributed by atoms with van der Waals surface area (Å²) in [5.74, 6) is 1.32. The number of aromatic nitrogens is 3. The van der Waals surface area contributed by atoms with E-state index in [1.54, 1.807) is 60.3 Å². The van der Waals surface area contributed by atoms with E-state index in [-0.39, 0.29) is 17.2 Å². The predicted molar refractivity (Wildman–Crippen MR) is 186 cm³/mol. The first-order valence-corrected chi connectivity index (χ1v) is 17.2. The first-order chi connectivity index (χ1) is 23.8. The van der Waals surface area contributed by atoms with Gasteiger partial charge in [0.05, 0.1) is 30.6 Å². The zero-order chi connectivity index (χ0) is 34.0. The van der Waals surface area contributed by atoms with Crippen LogP contribution in [0, 0.1) is 11.3 Å². The van der Waals surface area contributed by atoms with Gasteiger partial charge in [0, 0.05) is 56.0 Å². The number of ether oxygens (including phenoxy) is 1. The summed E-state index contributed by atoms with van der Waals surface area (Å²) in [6.45, 7) is 1.08. The second kappa shape index (κ2) is 13.4. The van der Waals surface area contributed by atoms with Gasteiger partial charge in [0.1, 0.15) is 17.6 Å². The predicted octanol–water partition coefficient (Wildman–Crippen LogP) is 6.44. The molecule has 0 unspecified atom stereocenters. The van der Waals surface area contributed by atoms with E-state index in [4.69, 9.17) is 9.15 Å². The highest BCUT2D eigenvalue weighted by atomic mass is 32.2. The minimum absolute atomic E-state index is 0.129. The molecule has 7 rings (SSSR count). The Morgan fingerprint density at radius 1 is 0.939 bits per heavy atom. The quantitative estimate of drug-likeness (QED) is 0.172. The van der Waals surface area contributed by atoms with E-state index in [0.29, 0.717) is 31.0 Å². The van der Waals surface area contributed by atoms with Crippen molar-refractivity contribution < 1.29 is 17.6 Å². The largest absolute Gasteiger partial charge is 0.497 e. The number of nitrogens with zero attached hydrogens (tertiary/aromatic N) is 6. The number of imidazole rings is 1. The maximum Gasteiger partial charge on any atom is 0.243 e. The molecule has 0 spiro atoms. The molecule has 1 aliphatic heterocycles. The van der Waals surface area contributed by atoms with Gasteiger partial charge in [-0.25, -0.2) is 13.4 Å². The van der Waals surface area contributed by atoms with E-state index in [1.807, 2.05) is 60.4 Å². The summed E-state index contributed by atoms with van der Waals surface area (Å²) in [6.07, 6.45) is 7.66. The fourth-order valence-corrected chi connectivity index (χ4v) is 7.91. The smallest absolute Gasteiger partial charge is 0.243 e. The third-order valence-corrected chi connectivity index (χ3v) is 10.9. The van der Waals surface area contributed by atoms with Crippen LogP contribution in [0.4, 0.5) is 5.69 Å². The van der Waals surface area contributed by atoms with Gasteiger partial charge in [0.25, 0.3) is 0 Å². The number of fused-ring (bicyclic) bond motifs is 1. The molecular formula is C38H34N6O4S. The van der Waals surface area contributed by atoms with Gasteiger partial charge in [-0.2, -0.15) is 9.57 Å². The fourth-order valence-electron chi connectivity index (χ4n) is 6.32. The molecule has 0 bridgehead atoms. The highest BCUT2D eigenvalue weighted by molar-refractivity contribution is 7.89. The van der Waals surface area contributed by atoms with E-state index < -0.39 is 16.1 Å². The molecule has 4 heterocycles. The van der Waals surface area contributed by atoms with Crippen LogP contribution in [0.15, 0.2) is 125 Å². The number of methoxy groups -OCH3 is 1. The summed E-state index contributed by atoms with van der Waals surface area (Å²) in [5.41, 5.74) is 6.55. The summed E-state index contributed by atoms with van der Waals surface area (Å²) in [4.78, 5) is 11.0. The Labute approximate surface area is 285 Å². The summed E-state index contributed by atoms with van der Waals surface area (Å²) in [5, 5.41) is 9.35. The Bertz CT molecular complexity index is 2220. The third kappa shape index (κ3) is 6.56. The molecule has 0 N–H and O–H groups in total. The number of hydrogen-bond acceptors (Lipinski definition) is 8. The molecule has 1 atom stereocenters. The van der Waals surface area contributed by atoms with Crippen LogP contribution in [0.1, 0.15) is 22.6 Å². The van der Waals surface area contributed by atoms with Crippen molar-refractivity contribution in [3.63, 3.8) is 0 Å². The van der Waals surface area contributed by atoms with E-state index in [9.17, 15) is 13.7 Å². The van der Waals surface area contributed by atoms with Crippen molar-refractivity contribution in [2.75, 3.05) is 18.6 Å². The molecule has 0 radical (unpaired) electrons. The number of aryl methyl sites for hydroxylation is 1. The van der Waals surface area contributed by atoms with Crippen LogP contribution in [0.25, 0.3) is 22.5 Å². The van der Waals surface area contributed by atoms with Crippen molar-refractivity contribution in [3.05, 3.63) is 138 Å². The molecule has 6 aromatic rings. The van der Waals surface area contributed by atoms with E-state index in [1.165, 1.54) is 0 Å². The Hall–Kier alpha value is -5.70. The van der Waals surface area contributed by atoms with Crippen LogP contribution in [0.2, 0.25) is 0 Å². The first-order valence-electron chi connectivity index (χ1n) is 15.8. The third-order valence-electron chi connectivity index (χ3n) is 8.94. The van der Waals surface area contributed by atoms with Crippen LogP contribution in [0.3, 0.4) is 0 Å². The van der Waals surface area contributed by atoms with Gasteiger partial charge >= 0.3 is 0 Å². The number of furan rings is 1. The van der Waals surface area contributed by atoms with Crippen molar-refractivity contribution in [3.8, 4) is 34.3 Å². The highest BCUT2D eigenvalue weighted by Crippen LogP contribution is 2.36. The second-order valence-electron chi connectivity index (χ2n) is 12.0. The fraction of sp³-hybridized carbons (Fsp3) is 0.184. The molecule has 1 aliphatic rings. The maximum absolute atomic E-state index is 14.7. The molecule has 0 saturated heterocycles. The van der Waals surface area contributed by atoms with Crippen LogP contribution < -0.4 is 9.64 Å². The number of rotatable bonds is 9. The zero-order valence-corrected chi connectivity index (χ0v) is 27.9. The van der Waals surface area contributed by atoms with Crippen LogP contribution in [0.5, 0.6) is 5.75 Å². The Morgan fingerprint density at radius 2 is 1.73 bits per heavy atom.